The van der Waals surface area contributed by atoms with Crippen molar-refractivity contribution in [1.29, 1.82) is 0 Å². The summed E-state index contributed by atoms with van der Waals surface area (Å²) in [5.74, 6) is 0.795. The van der Waals surface area contributed by atoms with Crippen LogP contribution in [0.15, 0.2) is 36.5 Å². The summed E-state index contributed by atoms with van der Waals surface area (Å²) in [4.78, 5) is 17.1. The van der Waals surface area contributed by atoms with Crippen LogP contribution in [-0.2, 0) is 4.79 Å². The summed E-state index contributed by atoms with van der Waals surface area (Å²) in [6.07, 6.45) is 7.91. The van der Waals surface area contributed by atoms with E-state index in [2.05, 4.69) is 24.1 Å². The van der Waals surface area contributed by atoms with Gasteiger partial charge >= 0.3 is 0 Å². The van der Waals surface area contributed by atoms with Crippen LogP contribution in [0.3, 0.4) is 0 Å². The molecule has 22 heavy (non-hydrogen) atoms. The van der Waals surface area contributed by atoms with Crippen molar-refractivity contribution in [2.45, 2.75) is 46.0 Å². The zero-order valence-corrected chi connectivity index (χ0v) is 13.4. The Bertz CT molecular complexity index is 667. The minimum Gasteiger partial charge on any atom is -0.324 e. The number of nitrogens with one attached hydrogen (secondary N) is 1. The minimum absolute atomic E-state index is 0.0950. The quantitative estimate of drug-likeness (QED) is 0.882. The molecule has 3 heteroatoms. The molecule has 1 amide bonds. The molecule has 0 aliphatic heterocycles. The first kappa shape index (κ1) is 15.0. The predicted molar refractivity (Wildman–Crippen MR) is 90.7 cm³/mol. The summed E-state index contributed by atoms with van der Waals surface area (Å²) < 4.78 is 0. The van der Waals surface area contributed by atoms with Crippen LogP contribution in [0.1, 0.15) is 46.0 Å². The van der Waals surface area contributed by atoms with Gasteiger partial charge in [0.25, 0.3) is 0 Å². The summed E-state index contributed by atoms with van der Waals surface area (Å²) in [5.41, 5.74) is 1.32. The lowest BCUT2D eigenvalue weighted by molar-refractivity contribution is -0.124. The van der Waals surface area contributed by atoms with E-state index in [1.807, 2.05) is 30.3 Å². The summed E-state index contributed by atoms with van der Waals surface area (Å²) in [6.45, 7) is 4.11. The van der Waals surface area contributed by atoms with Crippen LogP contribution in [0.4, 0.5) is 5.69 Å². The van der Waals surface area contributed by atoms with Gasteiger partial charge in [0.05, 0.1) is 11.2 Å². The number of pyridine rings is 1. The van der Waals surface area contributed by atoms with E-state index in [9.17, 15) is 4.79 Å². The number of carbonyl (C=O) groups excluding carboxylic acids is 1. The number of benzene rings is 1. The van der Waals surface area contributed by atoms with Crippen molar-refractivity contribution in [2.75, 3.05) is 5.32 Å². The van der Waals surface area contributed by atoms with Gasteiger partial charge < -0.3 is 5.32 Å². The SMILES string of the molecule is CC(C)(CC1CCCC1)C(=O)Nc1cccc2cccnc12. The van der Waals surface area contributed by atoms with Crippen LogP contribution in [0, 0.1) is 11.3 Å². The number of amides is 1. The van der Waals surface area contributed by atoms with Crippen LogP contribution in [-0.4, -0.2) is 10.9 Å². The molecular weight excluding hydrogens is 272 g/mol. The van der Waals surface area contributed by atoms with E-state index < -0.39 is 0 Å². The van der Waals surface area contributed by atoms with Crippen LogP contribution < -0.4 is 5.32 Å². The Morgan fingerprint density at radius 3 is 2.73 bits per heavy atom. The largest absolute Gasteiger partial charge is 0.324 e. The molecule has 3 nitrogen and oxygen atoms in total. The molecule has 0 atom stereocenters. The molecule has 1 aromatic heterocycles. The average Bonchev–Trinajstić information content (AvgIpc) is 3.00. The van der Waals surface area contributed by atoms with Gasteiger partial charge in [0, 0.05) is 17.0 Å². The normalized spacial score (nSPS) is 16.1. The molecule has 0 saturated heterocycles. The van der Waals surface area contributed by atoms with Gasteiger partial charge in [-0.1, -0.05) is 57.7 Å². The number of nitrogens with zero attached hydrogens (tertiary/aromatic N) is 1. The van der Waals surface area contributed by atoms with Crippen molar-refractivity contribution >= 4 is 22.5 Å². The number of hydrogen-bond donors (Lipinski definition) is 1. The number of rotatable bonds is 4. The first-order valence-corrected chi connectivity index (χ1v) is 8.21. The van der Waals surface area contributed by atoms with Gasteiger partial charge in [-0.15, -0.1) is 0 Å². The van der Waals surface area contributed by atoms with E-state index in [4.69, 9.17) is 0 Å². The second kappa shape index (κ2) is 6.07. The Balaban J connectivity index is 1.77. The lowest BCUT2D eigenvalue weighted by Crippen LogP contribution is -2.32. The van der Waals surface area contributed by atoms with Crippen LogP contribution in [0.5, 0.6) is 0 Å². The van der Waals surface area contributed by atoms with Gasteiger partial charge in [-0.25, -0.2) is 0 Å². The summed E-state index contributed by atoms with van der Waals surface area (Å²) in [5, 5.41) is 4.15. The molecule has 1 aliphatic carbocycles. The van der Waals surface area contributed by atoms with E-state index >= 15 is 0 Å². The first-order chi connectivity index (χ1) is 10.6. The molecule has 1 fully saturated rings. The number of hydrogen-bond acceptors (Lipinski definition) is 2. The number of fused-ring (bicyclic) bond motifs is 1. The molecule has 1 saturated carbocycles. The molecule has 1 aliphatic rings. The van der Waals surface area contributed by atoms with Crippen molar-refractivity contribution in [3.05, 3.63) is 36.5 Å². The smallest absolute Gasteiger partial charge is 0.230 e. The topological polar surface area (TPSA) is 42.0 Å². The van der Waals surface area contributed by atoms with Gasteiger partial charge in [-0.05, 0) is 24.5 Å². The van der Waals surface area contributed by atoms with Gasteiger partial charge in [-0.2, -0.15) is 0 Å². The van der Waals surface area contributed by atoms with Crippen molar-refractivity contribution < 1.29 is 4.79 Å². The molecule has 1 N–H and O–H groups in total. The van der Waals surface area contributed by atoms with Crippen LogP contribution in [0.2, 0.25) is 0 Å². The second-order valence-corrected chi connectivity index (χ2v) is 7.07. The highest BCUT2D eigenvalue weighted by Gasteiger charge is 2.32. The number of aromatic nitrogens is 1. The molecule has 1 heterocycles. The fraction of sp³-hybridized carbons (Fsp3) is 0.474. The van der Waals surface area contributed by atoms with E-state index in [1.54, 1.807) is 6.20 Å². The lowest BCUT2D eigenvalue weighted by Gasteiger charge is -2.27. The van der Waals surface area contributed by atoms with Gasteiger partial charge in [0.1, 0.15) is 0 Å². The molecule has 1 aromatic carbocycles. The average molecular weight is 296 g/mol. The fourth-order valence-electron chi connectivity index (χ4n) is 3.53. The van der Waals surface area contributed by atoms with Crippen molar-refractivity contribution in [2.24, 2.45) is 11.3 Å². The lowest BCUT2D eigenvalue weighted by atomic mass is 9.81. The maximum atomic E-state index is 12.7. The van der Waals surface area contributed by atoms with E-state index in [0.29, 0.717) is 5.92 Å². The molecule has 0 radical (unpaired) electrons. The zero-order valence-electron chi connectivity index (χ0n) is 13.4. The van der Waals surface area contributed by atoms with Crippen molar-refractivity contribution in [3.8, 4) is 0 Å². The maximum absolute atomic E-state index is 12.7. The molecular formula is C19H24N2O. The maximum Gasteiger partial charge on any atom is 0.230 e. The van der Waals surface area contributed by atoms with Gasteiger partial charge in [0.15, 0.2) is 0 Å². The molecule has 3 rings (SSSR count). The monoisotopic (exact) mass is 296 g/mol. The third kappa shape index (κ3) is 3.13. The first-order valence-electron chi connectivity index (χ1n) is 8.21. The summed E-state index contributed by atoms with van der Waals surface area (Å²) in [6, 6.07) is 9.84. The van der Waals surface area contributed by atoms with Crippen LogP contribution in [0.25, 0.3) is 10.9 Å². The van der Waals surface area contributed by atoms with Gasteiger partial charge in [0.2, 0.25) is 5.91 Å². The predicted octanol–water partition coefficient (Wildman–Crippen LogP) is 4.78. The number of anilines is 1. The van der Waals surface area contributed by atoms with Gasteiger partial charge in [-0.3, -0.25) is 9.78 Å². The molecule has 0 spiro atoms. The van der Waals surface area contributed by atoms with Crippen molar-refractivity contribution in [3.63, 3.8) is 0 Å². The number of para-hydroxylation sites is 1. The molecule has 0 unspecified atom stereocenters. The molecule has 116 valence electrons. The van der Waals surface area contributed by atoms with E-state index in [0.717, 1.165) is 23.0 Å². The Hall–Kier alpha value is -1.90. The Morgan fingerprint density at radius 1 is 1.23 bits per heavy atom. The summed E-state index contributed by atoms with van der Waals surface area (Å²) in [7, 11) is 0. The highest BCUT2D eigenvalue weighted by Crippen LogP contribution is 2.36. The van der Waals surface area contributed by atoms with Crippen molar-refractivity contribution in [1.82, 2.24) is 4.98 Å². The zero-order chi connectivity index (χ0) is 15.6. The highest BCUT2D eigenvalue weighted by atomic mass is 16.2. The summed E-state index contributed by atoms with van der Waals surface area (Å²) >= 11 is 0. The third-order valence-corrected chi connectivity index (χ3v) is 4.77. The minimum atomic E-state index is -0.341. The van der Waals surface area contributed by atoms with E-state index in [-0.39, 0.29) is 11.3 Å². The van der Waals surface area contributed by atoms with Crippen LogP contribution >= 0.6 is 0 Å². The standard InChI is InChI=1S/C19H24N2O/c1-19(2,13-14-7-3-4-8-14)18(22)21-16-11-5-9-15-10-6-12-20-17(15)16/h5-6,9-12,14H,3-4,7-8,13H2,1-2H3,(H,21,22). The third-order valence-electron chi connectivity index (χ3n) is 4.77. The van der Waals surface area contributed by atoms with E-state index in [1.165, 1.54) is 25.7 Å². The number of carbonyl (C=O) groups is 1. The second-order valence-electron chi connectivity index (χ2n) is 7.07. The Labute approximate surface area is 132 Å². The molecule has 2 aromatic rings. The fourth-order valence-corrected chi connectivity index (χ4v) is 3.53. The Kier molecular flexibility index (Phi) is 4.14. The highest BCUT2D eigenvalue weighted by molar-refractivity contribution is 6.02. The Morgan fingerprint density at radius 2 is 1.95 bits per heavy atom. The molecule has 0 bridgehead atoms.